The average Bonchev–Trinajstić information content (AvgIpc) is 3.39. The molecular formula is C31H31N7O4. The fourth-order valence-corrected chi connectivity index (χ4v) is 4.36. The van der Waals surface area contributed by atoms with E-state index in [0.717, 1.165) is 17.5 Å². The van der Waals surface area contributed by atoms with E-state index in [1.807, 2.05) is 50.2 Å². The van der Waals surface area contributed by atoms with Gasteiger partial charge in [-0.05, 0) is 79.9 Å². The third kappa shape index (κ3) is 6.47. The van der Waals surface area contributed by atoms with E-state index in [2.05, 4.69) is 31.1 Å². The van der Waals surface area contributed by atoms with Crippen LogP contribution in [0.1, 0.15) is 36.5 Å². The Hall–Kier alpha value is -5.45. The maximum absolute atomic E-state index is 12.9. The summed E-state index contributed by atoms with van der Waals surface area (Å²) in [6, 6.07) is 21.1. The van der Waals surface area contributed by atoms with Crippen LogP contribution < -0.4 is 20.9 Å². The van der Waals surface area contributed by atoms with Crippen molar-refractivity contribution >= 4 is 34.5 Å². The first-order chi connectivity index (χ1) is 20.3. The van der Waals surface area contributed by atoms with Gasteiger partial charge in [0, 0.05) is 12.1 Å². The average molecular weight is 566 g/mol. The van der Waals surface area contributed by atoms with E-state index < -0.39 is 12.1 Å². The number of nitrogens with one attached hydrogen (secondary N) is 3. The van der Waals surface area contributed by atoms with Gasteiger partial charge >= 0.3 is 6.03 Å². The van der Waals surface area contributed by atoms with Gasteiger partial charge in [-0.2, -0.15) is 0 Å². The van der Waals surface area contributed by atoms with Gasteiger partial charge in [0.25, 0.3) is 5.91 Å². The van der Waals surface area contributed by atoms with Crippen molar-refractivity contribution in [3.63, 3.8) is 0 Å². The summed E-state index contributed by atoms with van der Waals surface area (Å²) in [7, 11) is 0. The number of hydrogen-bond donors (Lipinski definition) is 4. The van der Waals surface area contributed by atoms with Crippen molar-refractivity contribution in [1.82, 2.24) is 24.9 Å². The Labute approximate surface area is 242 Å². The summed E-state index contributed by atoms with van der Waals surface area (Å²) < 4.78 is 7.26. The van der Waals surface area contributed by atoms with Crippen molar-refractivity contribution in [3.05, 3.63) is 102 Å². The maximum atomic E-state index is 12.9. The monoisotopic (exact) mass is 565 g/mol. The number of nitrogens with zero attached hydrogens (tertiary/aromatic N) is 4. The van der Waals surface area contributed by atoms with Crippen molar-refractivity contribution in [2.45, 2.75) is 39.7 Å². The van der Waals surface area contributed by atoms with E-state index in [4.69, 9.17) is 4.74 Å². The number of anilines is 2. The van der Waals surface area contributed by atoms with Crippen LogP contribution in [0.3, 0.4) is 0 Å². The van der Waals surface area contributed by atoms with Crippen LogP contribution in [0.25, 0.3) is 11.2 Å². The summed E-state index contributed by atoms with van der Waals surface area (Å²) >= 11 is 0. The van der Waals surface area contributed by atoms with Crippen LogP contribution in [0, 0.1) is 6.92 Å². The predicted octanol–water partition coefficient (Wildman–Crippen LogP) is 4.98. The zero-order valence-corrected chi connectivity index (χ0v) is 23.5. The van der Waals surface area contributed by atoms with Gasteiger partial charge in [-0.25, -0.2) is 24.3 Å². The molecule has 1 atom stereocenters. The molecule has 2 amide bonds. The number of rotatable bonds is 9. The molecule has 42 heavy (non-hydrogen) atoms. The molecule has 0 aliphatic carbocycles. The number of aromatic nitrogens is 4. The molecule has 2 heterocycles. The first kappa shape index (κ1) is 28.1. The lowest BCUT2D eigenvalue weighted by molar-refractivity contribution is -0.122. The van der Waals surface area contributed by atoms with E-state index in [0.29, 0.717) is 46.2 Å². The molecule has 0 spiro atoms. The number of hydrogen-bond acceptors (Lipinski definition) is 8. The predicted molar refractivity (Wildman–Crippen MR) is 160 cm³/mol. The van der Waals surface area contributed by atoms with E-state index in [1.165, 1.54) is 10.9 Å². The molecular weight excluding hydrogens is 534 g/mol. The minimum Gasteiger partial charge on any atom is -0.508 e. The number of carbonyl (C=O) groups is 2. The lowest BCUT2D eigenvalue weighted by atomic mass is 10.0. The minimum atomic E-state index is -0.727. The number of aromatic hydroxyl groups is 1. The number of phenolic OH excluding ortho intramolecular Hbond substituents is 1. The molecule has 4 N–H and O–H groups in total. The largest absolute Gasteiger partial charge is 0.508 e. The molecule has 2 aromatic heterocycles. The number of imidazole rings is 1. The topological polar surface area (TPSA) is 143 Å². The van der Waals surface area contributed by atoms with Gasteiger partial charge < -0.3 is 15.2 Å². The van der Waals surface area contributed by atoms with Gasteiger partial charge in [-0.3, -0.25) is 15.6 Å². The molecule has 3 aromatic carbocycles. The summed E-state index contributed by atoms with van der Waals surface area (Å²) in [4.78, 5) is 38.6. The highest BCUT2D eigenvalue weighted by Crippen LogP contribution is 2.20. The molecule has 0 bridgehead atoms. The highest BCUT2D eigenvalue weighted by atomic mass is 16.5. The fourth-order valence-electron chi connectivity index (χ4n) is 4.36. The Morgan fingerprint density at radius 3 is 2.24 bits per heavy atom. The maximum Gasteiger partial charge on any atom is 0.347 e. The van der Waals surface area contributed by atoms with Gasteiger partial charge in [-0.15, -0.1) is 0 Å². The highest BCUT2D eigenvalue weighted by molar-refractivity contribution is 5.94. The summed E-state index contributed by atoms with van der Waals surface area (Å²) in [5, 5.41) is 12.3. The summed E-state index contributed by atoms with van der Waals surface area (Å²) in [6.45, 7) is 5.42. The molecule has 11 nitrogen and oxygen atoms in total. The van der Waals surface area contributed by atoms with Crippen LogP contribution in [0.5, 0.6) is 11.5 Å². The number of fused-ring (bicyclic) bond motifs is 1. The van der Waals surface area contributed by atoms with Crippen LogP contribution in [-0.4, -0.2) is 42.7 Å². The van der Waals surface area contributed by atoms with Crippen LogP contribution in [-0.2, 0) is 17.6 Å². The second kappa shape index (κ2) is 12.4. The number of hydrazine groups is 1. The van der Waals surface area contributed by atoms with Crippen molar-refractivity contribution in [2.75, 3.05) is 10.7 Å². The Kier molecular flexibility index (Phi) is 8.28. The zero-order valence-electron chi connectivity index (χ0n) is 23.5. The Bertz CT molecular complexity index is 1700. The Balaban J connectivity index is 1.13. The SMILES string of the molecule is CCc1nc2c(C)ncnc2n1C(=O)NNc1ccc(NC(=O)C(C)Oc2ccc(Cc3ccc(O)cc3)cc2)cc1. The molecule has 11 heteroatoms. The van der Waals surface area contributed by atoms with Crippen molar-refractivity contribution in [2.24, 2.45) is 0 Å². The molecule has 0 aliphatic rings. The number of ether oxygens (including phenoxy) is 1. The molecule has 214 valence electrons. The molecule has 0 saturated heterocycles. The Morgan fingerprint density at radius 2 is 1.57 bits per heavy atom. The molecule has 0 aliphatic heterocycles. The van der Waals surface area contributed by atoms with Gasteiger partial charge in [0.05, 0.1) is 11.4 Å². The number of carbonyl (C=O) groups excluding carboxylic acids is 2. The van der Waals surface area contributed by atoms with Gasteiger partial charge in [0.1, 0.15) is 29.2 Å². The second-order valence-corrected chi connectivity index (χ2v) is 9.72. The lowest BCUT2D eigenvalue weighted by Crippen LogP contribution is -2.34. The van der Waals surface area contributed by atoms with Gasteiger partial charge in [-0.1, -0.05) is 31.2 Å². The standard InChI is InChI=1S/C31H31N7O4/c1-4-27-35-28-19(2)32-18-33-29(28)38(27)31(41)37-36-24-11-9-23(10-12-24)34-30(40)20(3)42-26-15-7-22(8-16-26)17-21-5-13-25(39)14-6-21/h5-16,18,20,36,39H,4,17H2,1-3H3,(H,34,40)(H,37,41). The van der Waals surface area contributed by atoms with E-state index in [-0.39, 0.29) is 11.7 Å². The van der Waals surface area contributed by atoms with Crippen LogP contribution in [0.2, 0.25) is 0 Å². The molecule has 0 saturated carbocycles. The van der Waals surface area contributed by atoms with Crippen molar-refractivity contribution in [3.8, 4) is 11.5 Å². The van der Waals surface area contributed by atoms with E-state index in [1.54, 1.807) is 43.3 Å². The Morgan fingerprint density at radius 1 is 0.929 bits per heavy atom. The van der Waals surface area contributed by atoms with Crippen LogP contribution in [0.4, 0.5) is 16.2 Å². The summed E-state index contributed by atoms with van der Waals surface area (Å²) in [5.41, 5.74) is 10.7. The fraction of sp³-hybridized carbons (Fsp3) is 0.194. The smallest absolute Gasteiger partial charge is 0.347 e. The third-order valence-corrected chi connectivity index (χ3v) is 6.63. The van der Waals surface area contributed by atoms with Crippen molar-refractivity contribution < 1.29 is 19.4 Å². The lowest BCUT2D eigenvalue weighted by Gasteiger charge is -2.15. The van der Waals surface area contributed by atoms with Crippen LogP contribution in [0.15, 0.2) is 79.1 Å². The molecule has 1 unspecified atom stereocenters. The quantitative estimate of drug-likeness (QED) is 0.183. The molecule has 0 radical (unpaired) electrons. The number of aryl methyl sites for hydroxylation is 2. The number of amides is 2. The number of benzene rings is 3. The summed E-state index contributed by atoms with van der Waals surface area (Å²) in [6.07, 6.45) is 1.95. The molecule has 0 fully saturated rings. The third-order valence-electron chi connectivity index (χ3n) is 6.63. The first-order valence-electron chi connectivity index (χ1n) is 13.5. The molecule has 5 aromatic rings. The first-order valence-corrected chi connectivity index (χ1v) is 13.5. The number of phenols is 1. The normalized spacial score (nSPS) is 11.6. The minimum absolute atomic E-state index is 0.239. The molecule has 5 rings (SSSR count). The summed E-state index contributed by atoms with van der Waals surface area (Å²) in [5.74, 6) is 1.10. The van der Waals surface area contributed by atoms with E-state index >= 15 is 0 Å². The zero-order chi connectivity index (χ0) is 29.6. The highest BCUT2D eigenvalue weighted by Gasteiger charge is 2.19. The van der Waals surface area contributed by atoms with E-state index in [9.17, 15) is 14.7 Å². The van der Waals surface area contributed by atoms with Gasteiger partial charge in [0.15, 0.2) is 11.8 Å². The van der Waals surface area contributed by atoms with Crippen molar-refractivity contribution in [1.29, 1.82) is 0 Å². The van der Waals surface area contributed by atoms with Crippen LogP contribution >= 0.6 is 0 Å². The second-order valence-electron chi connectivity index (χ2n) is 9.72. The van der Waals surface area contributed by atoms with Gasteiger partial charge in [0.2, 0.25) is 0 Å².